The lowest BCUT2D eigenvalue weighted by molar-refractivity contribution is -0.129. The van der Waals surface area contributed by atoms with E-state index in [-0.39, 0.29) is 35.4 Å². The summed E-state index contributed by atoms with van der Waals surface area (Å²) in [6.45, 7) is 1.71. The SMILES string of the molecule is Nc1n[nH]c(CC(=O)N2CCC(CNC(=O)c3ccc4nc(Cl)nn4c3)C2)n1. The molecule has 12 heteroatoms. The number of nitrogens with zero attached hydrogens (tertiary/aromatic N) is 6. The molecule has 4 rings (SSSR count). The average molecular weight is 404 g/mol. The zero-order valence-corrected chi connectivity index (χ0v) is 15.6. The Bertz CT molecular complexity index is 1030. The molecule has 3 aromatic rings. The van der Waals surface area contributed by atoms with Crippen molar-refractivity contribution in [3.63, 3.8) is 0 Å². The topological polar surface area (TPSA) is 147 Å². The average Bonchev–Trinajstić information content (AvgIpc) is 3.38. The number of nitrogen functional groups attached to an aromatic ring is 1. The van der Waals surface area contributed by atoms with Crippen LogP contribution in [0.1, 0.15) is 22.6 Å². The number of nitrogens with two attached hydrogens (primary N) is 1. The van der Waals surface area contributed by atoms with Crippen molar-refractivity contribution in [3.05, 3.63) is 35.0 Å². The van der Waals surface area contributed by atoms with Crippen molar-refractivity contribution in [2.45, 2.75) is 12.8 Å². The summed E-state index contributed by atoms with van der Waals surface area (Å²) in [5.74, 6) is 0.505. The van der Waals surface area contributed by atoms with Crippen molar-refractivity contribution in [3.8, 4) is 0 Å². The Morgan fingerprint density at radius 3 is 3.00 bits per heavy atom. The van der Waals surface area contributed by atoms with E-state index in [1.54, 1.807) is 23.2 Å². The van der Waals surface area contributed by atoms with Crippen LogP contribution < -0.4 is 11.1 Å². The number of likely N-dealkylation sites (tertiary alicyclic amines) is 1. The van der Waals surface area contributed by atoms with E-state index in [4.69, 9.17) is 17.3 Å². The quantitative estimate of drug-likeness (QED) is 0.539. The van der Waals surface area contributed by atoms with Crippen LogP contribution in [0.4, 0.5) is 5.95 Å². The maximum Gasteiger partial charge on any atom is 0.252 e. The van der Waals surface area contributed by atoms with Crippen LogP contribution in [0, 0.1) is 5.92 Å². The minimum atomic E-state index is -0.213. The van der Waals surface area contributed by atoms with Gasteiger partial charge in [-0.2, -0.15) is 9.97 Å². The van der Waals surface area contributed by atoms with Crippen LogP contribution in [0.2, 0.25) is 5.28 Å². The Labute approximate surface area is 164 Å². The third kappa shape index (κ3) is 3.88. The van der Waals surface area contributed by atoms with Crippen molar-refractivity contribution < 1.29 is 9.59 Å². The number of hydrogen-bond acceptors (Lipinski definition) is 7. The van der Waals surface area contributed by atoms with Crippen molar-refractivity contribution in [2.75, 3.05) is 25.4 Å². The molecule has 0 aliphatic carbocycles. The molecule has 0 aromatic carbocycles. The molecule has 0 bridgehead atoms. The molecule has 28 heavy (non-hydrogen) atoms. The van der Waals surface area contributed by atoms with E-state index in [9.17, 15) is 9.59 Å². The molecule has 4 heterocycles. The summed E-state index contributed by atoms with van der Waals surface area (Å²) in [5, 5.41) is 13.4. The van der Waals surface area contributed by atoms with E-state index in [0.717, 1.165) is 6.42 Å². The molecule has 4 N–H and O–H groups in total. The highest BCUT2D eigenvalue weighted by Crippen LogP contribution is 2.17. The van der Waals surface area contributed by atoms with Crippen LogP contribution >= 0.6 is 11.6 Å². The van der Waals surface area contributed by atoms with Gasteiger partial charge in [0.2, 0.25) is 17.1 Å². The summed E-state index contributed by atoms with van der Waals surface area (Å²) in [5.41, 5.74) is 6.47. The van der Waals surface area contributed by atoms with Gasteiger partial charge in [0.1, 0.15) is 5.82 Å². The Balaban J connectivity index is 1.29. The van der Waals surface area contributed by atoms with Crippen LogP contribution in [0.5, 0.6) is 0 Å². The van der Waals surface area contributed by atoms with Gasteiger partial charge in [-0.15, -0.1) is 10.2 Å². The zero-order valence-electron chi connectivity index (χ0n) is 14.8. The third-order valence-corrected chi connectivity index (χ3v) is 4.78. The van der Waals surface area contributed by atoms with Gasteiger partial charge in [-0.25, -0.2) is 4.52 Å². The second-order valence-corrected chi connectivity index (χ2v) is 6.96. The fourth-order valence-corrected chi connectivity index (χ4v) is 3.37. The summed E-state index contributed by atoms with van der Waals surface area (Å²) in [6.07, 6.45) is 2.53. The maximum atomic E-state index is 12.4. The highest BCUT2D eigenvalue weighted by Gasteiger charge is 2.27. The number of rotatable bonds is 5. The van der Waals surface area contributed by atoms with E-state index in [2.05, 4.69) is 30.6 Å². The molecule has 0 radical (unpaired) electrons. The highest BCUT2D eigenvalue weighted by molar-refractivity contribution is 6.28. The molecule has 0 saturated carbocycles. The lowest BCUT2D eigenvalue weighted by atomic mass is 10.1. The zero-order chi connectivity index (χ0) is 19.7. The Morgan fingerprint density at radius 2 is 2.21 bits per heavy atom. The van der Waals surface area contributed by atoms with Gasteiger partial charge in [-0.05, 0) is 36.1 Å². The third-order valence-electron chi connectivity index (χ3n) is 4.62. The fourth-order valence-electron chi connectivity index (χ4n) is 3.20. The number of aromatic nitrogens is 6. The van der Waals surface area contributed by atoms with Gasteiger partial charge in [-0.1, -0.05) is 0 Å². The molecule has 2 amide bonds. The molecule has 11 nitrogen and oxygen atoms in total. The number of carbonyl (C=O) groups is 2. The van der Waals surface area contributed by atoms with Crippen molar-refractivity contribution in [1.82, 2.24) is 40.0 Å². The minimum absolute atomic E-state index is 0.0431. The van der Waals surface area contributed by atoms with Crippen LogP contribution in [-0.4, -0.2) is 66.1 Å². The second kappa shape index (κ2) is 7.43. The molecule has 1 atom stereocenters. The largest absolute Gasteiger partial charge is 0.367 e. The van der Waals surface area contributed by atoms with E-state index in [1.807, 2.05) is 0 Å². The Kier molecular flexibility index (Phi) is 4.82. The molecule has 3 aromatic heterocycles. The van der Waals surface area contributed by atoms with E-state index < -0.39 is 0 Å². The van der Waals surface area contributed by atoms with Crippen LogP contribution in [-0.2, 0) is 11.2 Å². The number of halogens is 1. The molecule has 146 valence electrons. The maximum absolute atomic E-state index is 12.4. The Morgan fingerprint density at radius 1 is 1.36 bits per heavy atom. The molecule has 1 aliphatic rings. The monoisotopic (exact) mass is 403 g/mol. The summed E-state index contributed by atoms with van der Waals surface area (Å²) in [4.78, 5) is 34.4. The molecule has 1 saturated heterocycles. The van der Waals surface area contributed by atoms with Gasteiger partial charge in [0.05, 0.1) is 12.0 Å². The van der Waals surface area contributed by atoms with E-state index in [0.29, 0.717) is 36.7 Å². The number of H-pyrrole nitrogens is 1. The normalized spacial score (nSPS) is 16.6. The van der Waals surface area contributed by atoms with E-state index in [1.165, 1.54) is 4.52 Å². The van der Waals surface area contributed by atoms with Crippen LogP contribution in [0.25, 0.3) is 5.65 Å². The second-order valence-electron chi connectivity index (χ2n) is 6.62. The van der Waals surface area contributed by atoms with Crippen molar-refractivity contribution in [2.24, 2.45) is 5.92 Å². The number of amides is 2. The summed E-state index contributed by atoms with van der Waals surface area (Å²) in [6, 6.07) is 3.35. The van der Waals surface area contributed by atoms with Gasteiger partial charge >= 0.3 is 0 Å². The minimum Gasteiger partial charge on any atom is -0.367 e. The van der Waals surface area contributed by atoms with Gasteiger partial charge in [0.15, 0.2) is 5.65 Å². The van der Waals surface area contributed by atoms with Gasteiger partial charge in [0, 0.05) is 25.8 Å². The highest BCUT2D eigenvalue weighted by atomic mass is 35.5. The predicted molar refractivity (Wildman–Crippen MR) is 99.5 cm³/mol. The number of pyridine rings is 1. The molecule has 0 spiro atoms. The number of nitrogens with one attached hydrogen (secondary N) is 2. The molecule has 1 aliphatic heterocycles. The molecule has 1 fully saturated rings. The first-order valence-electron chi connectivity index (χ1n) is 8.72. The number of hydrogen-bond donors (Lipinski definition) is 3. The number of aromatic amines is 1. The Hall–Kier alpha value is -3.21. The predicted octanol–water partition coefficient (Wildman–Crippen LogP) is -0.0960. The lowest BCUT2D eigenvalue weighted by Gasteiger charge is -2.16. The van der Waals surface area contributed by atoms with Crippen molar-refractivity contribution >= 4 is 35.0 Å². The van der Waals surface area contributed by atoms with Gasteiger partial charge in [-0.3, -0.25) is 14.7 Å². The number of carbonyl (C=O) groups excluding carboxylic acids is 2. The summed E-state index contributed by atoms with van der Waals surface area (Å²) < 4.78 is 1.46. The summed E-state index contributed by atoms with van der Waals surface area (Å²) in [7, 11) is 0. The lowest BCUT2D eigenvalue weighted by Crippen LogP contribution is -2.34. The summed E-state index contributed by atoms with van der Waals surface area (Å²) >= 11 is 5.76. The molecule has 1 unspecified atom stereocenters. The first-order chi connectivity index (χ1) is 13.5. The van der Waals surface area contributed by atoms with Gasteiger partial charge in [0.25, 0.3) is 5.91 Å². The first kappa shape index (κ1) is 18.2. The van der Waals surface area contributed by atoms with Crippen LogP contribution in [0.15, 0.2) is 18.3 Å². The standard InChI is InChI=1S/C16H18ClN9O2/c17-15-21-12-2-1-10(8-26(12)24-15)14(28)19-6-9-3-4-25(7-9)13(27)5-11-20-16(18)23-22-11/h1-2,8-9H,3-7H2,(H,19,28)(H3,18,20,22,23). The van der Waals surface area contributed by atoms with E-state index >= 15 is 0 Å². The number of fused-ring (bicyclic) bond motifs is 1. The molecular weight excluding hydrogens is 386 g/mol. The van der Waals surface area contributed by atoms with Crippen LogP contribution in [0.3, 0.4) is 0 Å². The molecular formula is C16H18ClN9O2. The van der Waals surface area contributed by atoms with Crippen molar-refractivity contribution in [1.29, 1.82) is 0 Å². The van der Waals surface area contributed by atoms with Gasteiger partial charge < -0.3 is 16.0 Å². The smallest absolute Gasteiger partial charge is 0.252 e. The fraction of sp³-hybridized carbons (Fsp3) is 0.375. The number of anilines is 1. The first-order valence-corrected chi connectivity index (χ1v) is 9.10.